The Hall–Kier alpha value is -2.65. The van der Waals surface area contributed by atoms with Crippen LogP contribution < -0.4 is 5.32 Å². The van der Waals surface area contributed by atoms with Crippen LogP contribution in [-0.2, 0) is 17.9 Å². The van der Waals surface area contributed by atoms with Crippen molar-refractivity contribution in [2.24, 2.45) is 0 Å². The van der Waals surface area contributed by atoms with Gasteiger partial charge in [-0.15, -0.1) is 28.1 Å². The molecule has 0 aromatic carbocycles. The summed E-state index contributed by atoms with van der Waals surface area (Å²) < 4.78 is 7.26. The molecule has 0 aliphatic heterocycles. The summed E-state index contributed by atoms with van der Waals surface area (Å²) in [4.78, 5) is 25.1. The number of furan rings is 1. The highest BCUT2D eigenvalue weighted by Crippen LogP contribution is 2.26. The van der Waals surface area contributed by atoms with Crippen molar-refractivity contribution in [3.8, 4) is 11.6 Å². The fourth-order valence-corrected chi connectivity index (χ4v) is 4.12. The molecule has 1 N–H and O–H groups in total. The van der Waals surface area contributed by atoms with E-state index in [4.69, 9.17) is 4.42 Å². The smallest absolute Gasteiger partial charge is 0.217 e. The second-order valence-corrected chi connectivity index (χ2v) is 7.68. The molecule has 7 nitrogen and oxygen atoms in total. The molecule has 1 amide bonds. The fourth-order valence-electron chi connectivity index (χ4n) is 2.31. The lowest BCUT2D eigenvalue weighted by atomic mass is 10.3. The van der Waals surface area contributed by atoms with Crippen molar-refractivity contribution < 1.29 is 14.0 Å². The van der Waals surface area contributed by atoms with Gasteiger partial charge in [-0.2, -0.15) is 0 Å². The van der Waals surface area contributed by atoms with Gasteiger partial charge in [-0.3, -0.25) is 14.2 Å². The van der Waals surface area contributed by atoms with E-state index in [0.717, 1.165) is 4.88 Å². The molecule has 0 saturated carbocycles. The summed E-state index contributed by atoms with van der Waals surface area (Å²) in [5.41, 5.74) is 0. The first-order valence-corrected chi connectivity index (χ1v) is 9.96. The number of ketones is 1. The molecule has 3 aromatic heterocycles. The van der Waals surface area contributed by atoms with E-state index in [9.17, 15) is 9.59 Å². The molecule has 0 radical (unpaired) electrons. The third-order valence-electron chi connectivity index (χ3n) is 3.55. The Kier molecular flexibility index (Phi) is 6.25. The largest absolute Gasteiger partial charge is 0.461 e. The number of carbonyl (C=O) groups is 2. The Morgan fingerprint density at radius 3 is 2.93 bits per heavy atom. The standard InChI is InChI=1S/C18H18N4O3S2/c1-3-8-22-17(15-5-4-9-25-15)20-21-18(22)26-11-14(24)16-7-6-13(27-16)10-19-12(2)23/h3-7,9H,1,8,10-11H2,2H3,(H,19,23). The average Bonchev–Trinajstić information content (AvgIpc) is 3.39. The number of thioether (sulfide) groups is 1. The zero-order valence-electron chi connectivity index (χ0n) is 14.7. The number of hydrogen-bond acceptors (Lipinski definition) is 7. The Labute approximate surface area is 164 Å². The minimum Gasteiger partial charge on any atom is -0.461 e. The third kappa shape index (κ3) is 4.75. The lowest BCUT2D eigenvalue weighted by Gasteiger charge is -2.05. The number of carbonyl (C=O) groups excluding carboxylic acids is 2. The Balaban J connectivity index is 1.67. The number of thiophene rings is 1. The third-order valence-corrected chi connectivity index (χ3v) is 5.64. The second kappa shape index (κ2) is 8.83. The molecule has 0 aliphatic rings. The van der Waals surface area contributed by atoms with Crippen LogP contribution in [0.25, 0.3) is 11.6 Å². The molecular formula is C18H18N4O3S2. The van der Waals surface area contributed by atoms with Crippen LogP contribution >= 0.6 is 23.1 Å². The molecule has 3 aromatic rings. The Morgan fingerprint density at radius 1 is 1.37 bits per heavy atom. The van der Waals surface area contributed by atoms with E-state index < -0.39 is 0 Å². The summed E-state index contributed by atoms with van der Waals surface area (Å²) in [6.07, 6.45) is 3.32. The monoisotopic (exact) mass is 402 g/mol. The first-order chi connectivity index (χ1) is 13.1. The molecule has 0 saturated heterocycles. The molecular weight excluding hydrogens is 384 g/mol. The van der Waals surface area contributed by atoms with Crippen LogP contribution in [0.5, 0.6) is 0 Å². The van der Waals surface area contributed by atoms with Crippen molar-refractivity contribution in [3.63, 3.8) is 0 Å². The highest BCUT2D eigenvalue weighted by atomic mass is 32.2. The number of hydrogen-bond donors (Lipinski definition) is 1. The van der Waals surface area contributed by atoms with Gasteiger partial charge in [0.1, 0.15) is 0 Å². The normalized spacial score (nSPS) is 10.7. The zero-order valence-corrected chi connectivity index (χ0v) is 16.3. The summed E-state index contributed by atoms with van der Waals surface area (Å²) in [5, 5.41) is 11.7. The molecule has 140 valence electrons. The van der Waals surface area contributed by atoms with E-state index in [-0.39, 0.29) is 17.4 Å². The summed E-state index contributed by atoms with van der Waals surface area (Å²) in [6, 6.07) is 7.24. The lowest BCUT2D eigenvalue weighted by Crippen LogP contribution is -2.18. The predicted molar refractivity (Wildman–Crippen MR) is 105 cm³/mol. The molecule has 3 heterocycles. The zero-order chi connectivity index (χ0) is 19.2. The Morgan fingerprint density at radius 2 is 2.22 bits per heavy atom. The highest BCUT2D eigenvalue weighted by Gasteiger charge is 2.17. The van der Waals surface area contributed by atoms with Crippen molar-refractivity contribution >= 4 is 34.8 Å². The summed E-state index contributed by atoms with van der Waals surface area (Å²) in [5.74, 6) is 1.37. The topological polar surface area (TPSA) is 90.0 Å². The summed E-state index contributed by atoms with van der Waals surface area (Å²) in [6.45, 7) is 6.17. The van der Waals surface area contributed by atoms with Crippen molar-refractivity contribution in [3.05, 3.63) is 52.9 Å². The molecule has 0 aliphatic carbocycles. The molecule has 27 heavy (non-hydrogen) atoms. The predicted octanol–water partition coefficient (Wildman–Crippen LogP) is 3.40. The van der Waals surface area contributed by atoms with E-state index in [1.165, 1.54) is 30.0 Å². The molecule has 0 bridgehead atoms. The van der Waals surface area contributed by atoms with Crippen LogP contribution in [-0.4, -0.2) is 32.2 Å². The van der Waals surface area contributed by atoms with E-state index >= 15 is 0 Å². The van der Waals surface area contributed by atoms with Crippen LogP contribution in [0.1, 0.15) is 21.5 Å². The average molecular weight is 403 g/mol. The first kappa shape index (κ1) is 19.1. The number of Topliss-reactive ketones (excluding diaryl/α,β-unsaturated/α-hetero) is 1. The van der Waals surface area contributed by atoms with Crippen LogP contribution in [0.15, 0.2) is 52.8 Å². The van der Waals surface area contributed by atoms with Crippen molar-refractivity contribution in [1.82, 2.24) is 20.1 Å². The number of amides is 1. The van der Waals surface area contributed by atoms with Gasteiger partial charge in [-0.05, 0) is 24.3 Å². The van der Waals surface area contributed by atoms with Gasteiger partial charge in [-0.25, -0.2) is 0 Å². The minimum absolute atomic E-state index is 0.00627. The van der Waals surface area contributed by atoms with Gasteiger partial charge in [0.05, 0.1) is 23.4 Å². The molecule has 0 unspecified atom stereocenters. The minimum atomic E-state index is -0.0965. The molecule has 3 rings (SSSR count). The molecule has 9 heteroatoms. The molecule has 0 fully saturated rings. The van der Waals surface area contributed by atoms with Gasteiger partial charge < -0.3 is 9.73 Å². The number of aromatic nitrogens is 3. The Bertz CT molecular complexity index is 944. The fraction of sp³-hybridized carbons (Fsp3) is 0.222. The van der Waals surface area contributed by atoms with E-state index in [0.29, 0.717) is 34.7 Å². The van der Waals surface area contributed by atoms with Gasteiger partial charge in [0, 0.05) is 18.3 Å². The first-order valence-electron chi connectivity index (χ1n) is 8.15. The summed E-state index contributed by atoms with van der Waals surface area (Å²) >= 11 is 2.71. The van der Waals surface area contributed by atoms with Crippen LogP contribution in [0.3, 0.4) is 0 Å². The number of nitrogens with one attached hydrogen (secondary N) is 1. The van der Waals surface area contributed by atoms with Gasteiger partial charge in [0.25, 0.3) is 0 Å². The van der Waals surface area contributed by atoms with E-state index in [1.54, 1.807) is 24.5 Å². The van der Waals surface area contributed by atoms with Crippen molar-refractivity contribution in [1.29, 1.82) is 0 Å². The highest BCUT2D eigenvalue weighted by molar-refractivity contribution is 7.99. The van der Waals surface area contributed by atoms with Gasteiger partial charge >= 0.3 is 0 Å². The number of rotatable bonds is 9. The van der Waals surface area contributed by atoms with Crippen LogP contribution in [0, 0.1) is 0 Å². The second-order valence-electron chi connectivity index (χ2n) is 5.57. The van der Waals surface area contributed by atoms with Crippen molar-refractivity contribution in [2.45, 2.75) is 25.2 Å². The maximum absolute atomic E-state index is 12.5. The van der Waals surface area contributed by atoms with Crippen LogP contribution in [0.4, 0.5) is 0 Å². The molecule has 0 spiro atoms. The van der Waals surface area contributed by atoms with Gasteiger partial charge in [-0.1, -0.05) is 17.8 Å². The summed E-state index contributed by atoms with van der Waals surface area (Å²) in [7, 11) is 0. The van der Waals surface area contributed by atoms with Gasteiger partial charge in [0.15, 0.2) is 16.7 Å². The maximum Gasteiger partial charge on any atom is 0.217 e. The number of allylic oxidation sites excluding steroid dienone is 1. The van der Waals surface area contributed by atoms with Crippen molar-refractivity contribution in [2.75, 3.05) is 5.75 Å². The quantitative estimate of drug-likeness (QED) is 0.335. The van der Waals surface area contributed by atoms with Gasteiger partial charge in [0.2, 0.25) is 11.7 Å². The molecule has 0 atom stereocenters. The van der Waals surface area contributed by atoms with Crippen LogP contribution in [0.2, 0.25) is 0 Å². The SMILES string of the molecule is C=CCn1c(SCC(=O)c2ccc(CNC(C)=O)s2)nnc1-c1ccco1. The van der Waals surface area contributed by atoms with E-state index in [1.807, 2.05) is 16.7 Å². The van der Waals surface area contributed by atoms with E-state index in [2.05, 4.69) is 22.1 Å². The lowest BCUT2D eigenvalue weighted by molar-refractivity contribution is -0.119. The maximum atomic E-state index is 12.5. The number of nitrogens with zero attached hydrogens (tertiary/aromatic N) is 3.